The Balaban J connectivity index is 2.14. The first kappa shape index (κ1) is 13.1. The highest BCUT2D eigenvalue weighted by molar-refractivity contribution is 5.98. The monoisotopic (exact) mass is 274 g/mol. The van der Waals surface area contributed by atoms with Gasteiger partial charge in [0.15, 0.2) is 6.29 Å². The summed E-state index contributed by atoms with van der Waals surface area (Å²) in [5, 5.41) is 9.83. The van der Waals surface area contributed by atoms with Gasteiger partial charge in [-0.3, -0.25) is 4.79 Å². The molecular weight excluding hydrogens is 260 g/mol. The van der Waals surface area contributed by atoms with Crippen molar-refractivity contribution in [2.24, 2.45) is 0 Å². The lowest BCUT2D eigenvalue weighted by Gasteiger charge is -2.08. The molecule has 0 atom stereocenters. The van der Waals surface area contributed by atoms with Gasteiger partial charge in [-0.05, 0) is 36.2 Å². The van der Waals surface area contributed by atoms with Crippen molar-refractivity contribution in [1.82, 2.24) is 4.57 Å². The molecule has 0 saturated heterocycles. The summed E-state index contributed by atoms with van der Waals surface area (Å²) in [6, 6.07) is 15.8. The van der Waals surface area contributed by atoms with Crippen molar-refractivity contribution in [3.63, 3.8) is 0 Å². The number of fused-ring (bicyclic) bond motifs is 1. The molecule has 0 radical (unpaired) electrons. The number of aldehydes is 1. The summed E-state index contributed by atoms with van der Waals surface area (Å²) in [7, 11) is 0. The maximum atomic E-state index is 11.3. The lowest BCUT2D eigenvalue weighted by Crippen LogP contribution is -1.99. The molecule has 0 bridgehead atoms. The molecular formula is C18H14N2O. The topological polar surface area (TPSA) is 45.8 Å². The summed E-state index contributed by atoms with van der Waals surface area (Å²) in [6.45, 7) is 2.79. The Labute approximate surface area is 123 Å². The van der Waals surface area contributed by atoms with Crippen LogP contribution in [0.4, 0.5) is 0 Å². The zero-order valence-corrected chi connectivity index (χ0v) is 11.7. The molecule has 0 amide bonds. The molecule has 3 rings (SSSR count). The van der Waals surface area contributed by atoms with Crippen molar-refractivity contribution < 1.29 is 4.79 Å². The van der Waals surface area contributed by atoms with Crippen LogP contribution in [0.15, 0.2) is 48.7 Å². The number of nitriles is 1. The molecule has 0 spiro atoms. The first-order chi connectivity index (χ1) is 10.2. The van der Waals surface area contributed by atoms with Crippen LogP contribution in [-0.4, -0.2) is 10.9 Å². The number of hydrogen-bond donors (Lipinski definition) is 0. The zero-order valence-electron chi connectivity index (χ0n) is 11.7. The fourth-order valence-corrected chi connectivity index (χ4v) is 2.59. The maximum Gasteiger partial charge on any atom is 0.152 e. The Morgan fingerprint density at radius 3 is 2.76 bits per heavy atom. The molecule has 1 aromatic heterocycles. The summed E-state index contributed by atoms with van der Waals surface area (Å²) in [5.74, 6) is 0. The van der Waals surface area contributed by atoms with E-state index < -0.39 is 0 Å². The molecule has 0 N–H and O–H groups in total. The molecule has 0 aliphatic rings. The number of carbonyl (C=O) groups excluding carboxylic acids is 1. The lowest BCUT2D eigenvalue weighted by molar-refractivity contribution is 0.112. The van der Waals surface area contributed by atoms with Gasteiger partial charge in [-0.1, -0.05) is 24.3 Å². The van der Waals surface area contributed by atoms with E-state index in [0.717, 1.165) is 17.2 Å². The van der Waals surface area contributed by atoms with Crippen LogP contribution >= 0.6 is 0 Å². The second-order valence-corrected chi connectivity index (χ2v) is 5.10. The van der Waals surface area contributed by atoms with Crippen molar-refractivity contribution >= 4 is 17.2 Å². The fraction of sp³-hybridized carbons (Fsp3) is 0.111. The second-order valence-electron chi connectivity index (χ2n) is 5.10. The summed E-state index contributed by atoms with van der Waals surface area (Å²) in [6.07, 6.45) is 2.70. The average molecular weight is 274 g/mol. The highest BCUT2D eigenvalue weighted by Gasteiger charge is 2.10. The van der Waals surface area contributed by atoms with Gasteiger partial charge in [-0.2, -0.15) is 5.26 Å². The zero-order chi connectivity index (χ0) is 14.8. The van der Waals surface area contributed by atoms with E-state index in [1.807, 2.05) is 24.4 Å². The molecule has 3 nitrogen and oxygen atoms in total. The number of aryl methyl sites for hydroxylation is 1. The van der Waals surface area contributed by atoms with Gasteiger partial charge in [-0.15, -0.1) is 0 Å². The van der Waals surface area contributed by atoms with Crippen LogP contribution in [0.25, 0.3) is 10.9 Å². The molecule has 21 heavy (non-hydrogen) atoms. The Kier molecular flexibility index (Phi) is 3.29. The van der Waals surface area contributed by atoms with Crippen LogP contribution in [0.3, 0.4) is 0 Å². The molecule has 0 fully saturated rings. The third-order valence-corrected chi connectivity index (χ3v) is 3.77. The number of hydrogen-bond acceptors (Lipinski definition) is 2. The van der Waals surface area contributed by atoms with Crippen molar-refractivity contribution in [1.29, 1.82) is 5.26 Å². The van der Waals surface area contributed by atoms with Crippen LogP contribution in [0.1, 0.15) is 27.0 Å². The maximum absolute atomic E-state index is 11.3. The van der Waals surface area contributed by atoms with Gasteiger partial charge in [0.1, 0.15) is 0 Å². The molecule has 1 heterocycles. The molecule has 0 aliphatic carbocycles. The molecule has 3 aromatic rings. The molecule has 0 saturated carbocycles. The van der Waals surface area contributed by atoms with Gasteiger partial charge in [0, 0.05) is 29.2 Å². The normalized spacial score (nSPS) is 10.5. The Hall–Kier alpha value is -2.86. The second kappa shape index (κ2) is 5.26. The third-order valence-electron chi connectivity index (χ3n) is 3.77. The van der Waals surface area contributed by atoms with Crippen LogP contribution in [0.5, 0.6) is 0 Å². The van der Waals surface area contributed by atoms with E-state index in [2.05, 4.69) is 29.7 Å². The van der Waals surface area contributed by atoms with E-state index in [4.69, 9.17) is 5.26 Å². The molecule has 3 heteroatoms. The summed E-state index contributed by atoms with van der Waals surface area (Å²) in [5.41, 5.74) is 4.60. The predicted octanol–water partition coefficient (Wildman–Crippen LogP) is 3.68. The predicted molar refractivity (Wildman–Crippen MR) is 82.3 cm³/mol. The molecule has 0 unspecified atom stereocenters. The number of aromatic nitrogens is 1. The SMILES string of the molecule is Cc1ccccc1Cn1cc(C=O)c2cc(C#N)ccc21. The van der Waals surface area contributed by atoms with Gasteiger partial charge >= 0.3 is 0 Å². The Bertz CT molecular complexity index is 869. The van der Waals surface area contributed by atoms with Gasteiger partial charge in [0.05, 0.1) is 11.6 Å². The quantitative estimate of drug-likeness (QED) is 0.684. The fourth-order valence-electron chi connectivity index (χ4n) is 2.59. The summed E-state index contributed by atoms with van der Waals surface area (Å²) < 4.78 is 2.06. The first-order valence-electron chi connectivity index (χ1n) is 6.75. The lowest BCUT2D eigenvalue weighted by atomic mass is 10.1. The standard InChI is InChI=1S/C18H14N2O/c1-13-4-2-3-5-15(13)10-20-11-16(12-21)17-8-14(9-19)6-7-18(17)20/h2-8,11-12H,10H2,1H3. The van der Waals surface area contributed by atoms with Gasteiger partial charge in [0.25, 0.3) is 0 Å². The smallest absolute Gasteiger partial charge is 0.152 e. The van der Waals surface area contributed by atoms with E-state index in [0.29, 0.717) is 17.7 Å². The van der Waals surface area contributed by atoms with Crippen molar-refractivity contribution in [3.05, 3.63) is 70.9 Å². The average Bonchev–Trinajstić information content (AvgIpc) is 2.86. The molecule has 2 aromatic carbocycles. The van der Waals surface area contributed by atoms with E-state index >= 15 is 0 Å². The Morgan fingerprint density at radius 2 is 2.05 bits per heavy atom. The van der Waals surface area contributed by atoms with Crippen LogP contribution in [0.2, 0.25) is 0 Å². The first-order valence-corrected chi connectivity index (χ1v) is 6.75. The van der Waals surface area contributed by atoms with Gasteiger partial charge in [-0.25, -0.2) is 0 Å². The van der Waals surface area contributed by atoms with Crippen molar-refractivity contribution in [2.75, 3.05) is 0 Å². The van der Waals surface area contributed by atoms with Crippen molar-refractivity contribution in [2.45, 2.75) is 13.5 Å². The van der Waals surface area contributed by atoms with Crippen molar-refractivity contribution in [3.8, 4) is 6.07 Å². The van der Waals surface area contributed by atoms with Crippen LogP contribution in [-0.2, 0) is 6.54 Å². The minimum atomic E-state index is 0.569. The molecule has 102 valence electrons. The van der Waals surface area contributed by atoms with E-state index in [9.17, 15) is 4.79 Å². The number of carbonyl (C=O) groups is 1. The minimum absolute atomic E-state index is 0.569. The van der Waals surface area contributed by atoms with E-state index in [1.165, 1.54) is 11.1 Å². The number of nitrogens with zero attached hydrogens (tertiary/aromatic N) is 2. The van der Waals surface area contributed by atoms with Gasteiger partial charge < -0.3 is 4.57 Å². The van der Waals surface area contributed by atoms with E-state index in [-0.39, 0.29) is 0 Å². The highest BCUT2D eigenvalue weighted by atomic mass is 16.1. The van der Waals surface area contributed by atoms with Crippen LogP contribution in [0, 0.1) is 18.3 Å². The van der Waals surface area contributed by atoms with Crippen LogP contribution < -0.4 is 0 Å². The number of benzene rings is 2. The molecule has 0 aliphatic heterocycles. The summed E-state index contributed by atoms with van der Waals surface area (Å²) >= 11 is 0. The van der Waals surface area contributed by atoms with Gasteiger partial charge in [0.2, 0.25) is 0 Å². The highest BCUT2D eigenvalue weighted by Crippen LogP contribution is 2.23. The Morgan fingerprint density at radius 1 is 1.24 bits per heavy atom. The number of rotatable bonds is 3. The summed E-state index contributed by atoms with van der Waals surface area (Å²) in [4.78, 5) is 11.3. The third kappa shape index (κ3) is 2.32. The van der Waals surface area contributed by atoms with E-state index in [1.54, 1.807) is 12.1 Å². The largest absolute Gasteiger partial charge is 0.342 e. The minimum Gasteiger partial charge on any atom is -0.342 e.